The molecule has 0 rings (SSSR count). The minimum Gasteiger partial charge on any atom is -0.870 e. The van der Waals surface area contributed by atoms with Crippen LogP contribution in [-0.4, -0.2) is 11.0 Å². The van der Waals surface area contributed by atoms with Gasteiger partial charge in [0.1, 0.15) is 0 Å². The average molecular weight is 209 g/mol. The molecular formula is C9H21O2Ti. The van der Waals surface area contributed by atoms with Crippen LogP contribution in [0.5, 0.6) is 0 Å². The van der Waals surface area contributed by atoms with Gasteiger partial charge in [-0.2, -0.15) is 0 Å². The summed E-state index contributed by atoms with van der Waals surface area (Å²) in [7, 11) is 0. The van der Waals surface area contributed by atoms with Crippen molar-refractivity contribution in [2.75, 3.05) is 0 Å². The molecule has 0 spiro atoms. The second-order valence-corrected chi connectivity index (χ2v) is 4.13. The Hall–Kier alpha value is 0.634. The van der Waals surface area contributed by atoms with Crippen molar-refractivity contribution < 1.29 is 31.4 Å². The van der Waals surface area contributed by atoms with Gasteiger partial charge in [-0.15, -0.1) is 0 Å². The second-order valence-electron chi connectivity index (χ2n) is 3.35. The molecule has 12 heavy (non-hydrogen) atoms. The Morgan fingerprint density at radius 2 is 1.42 bits per heavy atom. The van der Waals surface area contributed by atoms with Crippen molar-refractivity contribution in [3.8, 4) is 0 Å². The smallest absolute Gasteiger partial charge is 0.870 e. The predicted octanol–water partition coefficient (Wildman–Crippen LogP) is 3.20. The topological polar surface area (TPSA) is 60.0 Å². The summed E-state index contributed by atoms with van der Waals surface area (Å²) in [6.07, 6.45) is 7.19. The Kier molecular flexibility index (Phi) is 21.8. The standard InChI is InChI=1S/C9H19.2H2O.Ti/c1-4-5-6-7-8-9(2)3;;;/h9H,1,4-8H2,2-3H3;2*1H2;/q;;;+2/p-2. The summed E-state index contributed by atoms with van der Waals surface area (Å²) in [6, 6.07) is 0. The van der Waals surface area contributed by atoms with Crippen LogP contribution in [0.3, 0.4) is 0 Å². The van der Waals surface area contributed by atoms with Gasteiger partial charge in [-0.1, -0.05) is 0 Å². The van der Waals surface area contributed by atoms with Crippen molar-refractivity contribution in [1.29, 1.82) is 0 Å². The van der Waals surface area contributed by atoms with Gasteiger partial charge in [-0.05, 0) is 0 Å². The number of rotatable bonds is 6. The zero-order valence-corrected chi connectivity index (χ0v) is 9.78. The summed E-state index contributed by atoms with van der Waals surface area (Å²) in [5.74, 6) is 0.904. The van der Waals surface area contributed by atoms with Crippen LogP contribution in [-0.2, 0) is 20.4 Å². The van der Waals surface area contributed by atoms with Crippen LogP contribution in [0.1, 0.15) is 46.0 Å². The van der Waals surface area contributed by atoms with E-state index in [0.717, 1.165) is 5.92 Å². The summed E-state index contributed by atoms with van der Waals surface area (Å²) in [5.41, 5.74) is 0. The normalized spacial score (nSPS) is 9.08. The molecular weight excluding hydrogens is 188 g/mol. The molecule has 2 N–H and O–H groups in total. The zero-order valence-electron chi connectivity index (χ0n) is 8.21. The van der Waals surface area contributed by atoms with Gasteiger partial charge in [0.2, 0.25) is 0 Å². The maximum absolute atomic E-state index is 2.31. The molecule has 0 heterocycles. The van der Waals surface area contributed by atoms with Gasteiger partial charge in [0.15, 0.2) is 0 Å². The first-order valence-electron chi connectivity index (χ1n) is 4.42. The molecule has 3 heteroatoms. The molecule has 0 bridgehead atoms. The first-order valence-corrected chi connectivity index (χ1v) is 5.52. The first kappa shape index (κ1) is 18.4. The van der Waals surface area contributed by atoms with Crippen LogP contribution in [0.4, 0.5) is 0 Å². The first-order chi connectivity index (χ1) is 4.77. The summed E-state index contributed by atoms with van der Waals surface area (Å²) in [5, 5.41) is 0. The van der Waals surface area contributed by atoms with Crippen molar-refractivity contribution in [3.63, 3.8) is 0 Å². The molecule has 0 aromatic carbocycles. The van der Waals surface area contributed by atoms with Crippen molar-refractivity contribution in [3.05, 3.63) is 0 Å². The number of hydrogen-bond acceptors (Lipinski definition) is 2. The Morgan fingerprint density at radius 1 is 0.917 bits per heavy atom. The van der Waals surface area contributed by atoms with Gasteiger partial charge >= 0.3 is 77.0 Å². The van der Waals surface area contributed by atoms with E-state index < -0.39 is 0 Å². The molecule has 0 aromatic heterocycles. The summed E-state index contributed by atoms with van der Waals surface area (Å²) < 4.78 is 1.36. The van der Waals surface area contributed by atoms with Gasteiger partial charge in [0, 0.05) is 0 Å². The molecule has 0 aromatic rings. The Bertz CT molecular complexity index is 67.5. The monoisotopic (exact) mass is 209 g/mol. The fourth-order valence-electron chi connectivity index (χ4n) is 1.03. The van der Waals surface area contributed by atoms with Crippen LogP contribution in [0.15, 0.2) is 0 Å². The van der Waals surface area contributed by atoms with E-state index in [1.54, 1.807) is 0 Å². The zero-order chi connectivity index (χ0) is 7.82. The minimum atomic E-state index is 0. The molecule has 2 nitrogen and oxygen atoms in total. The van der Waals surface area contributed by atoms with Gasteiger partial charge in [-0.3, -0.25) is 0 Å². The molecule has 0 unspecified atom stereocenters. The van der Waals surface area contributed by atoms with E-state index in [9.17, 15) is 0 Å². The maximum Gasteiger partial charge on any atom is -0.870 e. The predicted molar refractivity (Wildman–Crippen MR) is 46.6 cm³/mol. The van der Waals surface area contributed by atoms with Crippen LogP contribution in [0.2, 0.25) is 4.73 Å². The largest absolute Gasteiger partial charge is 0.870 e. The van der Waals surface area contributed by atoms with E-state index in [1.165, 1.54) is 36.8 Å². The van der Waals surface area contributed by atoms with E-state index in [0.29, 0.717) is 0 Å². The Morgan fingerprint density at radius 3 is 1.83 bits per heavy atom. The SMILES string of the molecule is CC(C)CCCCC[CH2][Ti+2].[OH-].[OH-]. The molecule has 73 valence electrons. The Labute approximate surface area is 88.1 Å². The van der Waals surface area contributed by atoms with E-state index in [2.05, 4.69) is 34.3 Å². The maximum atomic E-state index is 2.31. The Balaban J connectivity index is -0.000000405. The van der Waals surface area contributed by atoms with Gasteiger partial charge in [0.05, 0.1) is 0 Å². The average Bonchev–Trinajstić information content (AvgIpc) is 1.87. The fraction of sp³-hybridized carbons (Fsp3) is 1.00. The third-order valence-corrected chi connectivity index (χ3v) is 2.26. The summed E-state index contributed by atoms with van der Waals surface area (Å²) in [6.45, 7) is 4.61. The van der Waals surface area contributed by atoms with Crippen LogP contribution in [0, 0.1) is 5.92 Å². The number of hydrogen-bond donors (Lipinski definition) is 0. The molecule has 0 amide bonds. The number of unbranched alkanes of at least 4 members (excludes halogenated alkanes) is 3. The van der Waals surface area contributed by atoms with E-state index in [1.807, 2.05) is 0 Å². The summed E-state index contributed by atoms with van der Waals surface area (Å²) >= 11 is 2.27. The summed E-state index contributed by atoms with van der Waals surface area (Å²) in [4.78, 5) is 0. The molecule has 0 atom stereocenters. The van der Waals surface area contributed by atoms with Gasteiger partial charge < -0.3 is 11.0 Å². The molecule has 0 aliphatic carbocycles. The van der Waals surface area contributed by atoms with Crippen LogP contribution >= 0.6 is 0 Å². The van der Waals surface area contributed by atoms with Crippen LogP contribution in [0.25, 0.3) is 0 Å². The van der Waals surface area contributed by atoms with Crippen molar-refractivity contribution in [2.45, 2.75) is 50.7 Å². The molecule has 0 saturated carbocycles. The van der Waals surface area contributed by atoms with Gasteiger partial charge in [-0.25, -0.2) is 0 Å². The molecule has 0 saturated heterocycles. The van der Waals surface area contributed by atoms with Gasteiger partial charge in [0.25, 0.3) is 0 Å². The van der Waals surface area contributed by atoms with E-state index >= 15 is 0 Å². The molecule has 0 aliphatic heterocycles. The van der Waals surface area contributed by atoms with Crippen molar-refractivity contribution >= 4 is 0 Å². The fourth-order valence-corrected chi connectivity index (χ4v) is 1.42. The molecule has 0 radical (unpaired) electrons. The van der Waals surface area contributed by atoms with Crippen molar-refractivity contribution in [2.24, 2.45) is 5.92 Å². The minimum absolute atomic E-state index is 0. The van der Waals surface area contributed by atoms with Crippen molar-refractivity contribution in [1.82, 2.24) is 0 Å². The third kappa shape index (κ3) is 16.9. The third-order valence-electron chi connectivity index (χ3n) is 1.71. The molecule has 0 aliphatic rings. The second kappa shape index (κ2) is 14.2. The van der Waals surface area contributed by atoms with Crippen LogP contribution < -0.4 is 0 Å². The quantitative estimate of drug-likeness (QED) is 0.498. The van der Waals surface area contributed by atoms with E-state index in [4.69, 9.17) is 0 Å². The van der Waals surface area contributed by atoms with E-state index in [-0.39, 0.29) is 11.0 Å². The molecule has 0 fully saturated rings.